The van der Waals surface area contributed by atoms with Crippen LogP contribution in [0.4, 0.5) is 4.79 Å². The van der Waals surface area contributed by atoms with Crippen molar-refractivity contribution >= 4 is 29.8 Å². The Morgan fingerprint density at radius 1 is 1.03 bits per heavy atom. The van der Waals surface area contributed by atoms with Crippen molar-refractivity contribution in [2.24, 2.45) is 5.73 Å². The van der Waals surface area contributed by atoms with Crippen LogP contribution in [-0.4, -0.2) is 65.5 Å². The van der Waals surface area contributed by atoms with Gasteiger partial charge in [0.25, 0.3) is 0 Å². The molecule has 4 amide bonds. The molecule has 0 saturated carbocycles. The number of primary amides is 1. The first-order valence-corrected chi connectivity index (χ1v) is 12.4. The summed E-state index contributed by atoms with van der Waals surface area (Å²) in [6, 6.07) is 3.11. The maximum absolute atomic E-state index is 14.1. The average Bonchev–Trinajstić information content (AvgIpc) is 2.77. The molecule has 4 N–H and O–H groups in total. The molecule has 0 radical (unpaired) electrons. The second-order valence-corrected chi connectivity index (χ2v) is 11.1. The van der Waals surface area contributed by atoms with Crippen molar-refractivity contribution in [2.75, 3.05) is 13.7 Å². The third-order valence-electron chi connectivity index (χ3n) is 5.50. The smallest absolute Gasteiger partial charge is 0.408 e. The fourth-order valence-corrected chi connectivity index (χ4v) is 3.79. The number of nitrogens with zero attached hydrogens (tertiary/aromatic N) is 1. The van der Waals surface area contributed by atoms with Gasteiger partial charge >= 0.3 is 12.1 Å². The summed E-state index contributed by atoms with van der Waals surface area (Å²) in [5.41, 5.74) is 5.70. The molecule has 11 nitrogen and oxygen atoms in total. The van der Waals surface area contributed by atoms with Gasteiger partial charge in [0, 0.05) is 12.0 Å². The quantitative estimate of drug-likeness (QED) is 0.389. The lowest BCUT2D eigenvalue weighted by molar-refractivity contribution is -0.149. The number of rotatable bonds is 10. The van der Waals surface area contributed by atoms with Gasteiger partial charge in [0.05, 0.1) is 7.11 Å². The molecular formula is C27H42N4O7. The van der Waals surface area contributed by atoms with Gasteiger partial charge in [-0.2, -0.15) is 0 Å². The number of hydrogen-bond acceptors (Lipinski definition) is 7. The molecule has 1 aromatic rings. The van der Waals surface area contributed by atoms with Crippen LogP contribution in [0.25, 0.3) is 0 Å². The molecule has 0 heterocycles. The van der Waals surface area contributed by atoms with Crippen LogP contribution < -0.4 is 16.4 Å². The summed E-state index contributed by atoms with van der Waals surface area (Å²) in [7, 11) is 1.20. The third kappa shape index (κ3) is 10.0. The first kappa shape index (κ1) is 32.4. The molecule has 0 aromatic heterocycles. The molecule has 0 saturated heterocycles. The molecule has 11 heteroatoms. The molecule has 1 aromatic carbocycles. The second-order valence-electron chi connectivity index (χ2n) is 11.1. The topological polar surface area (TPSA) is 157 Å². The van der Waals surface area contributed by atoms with Crippen molar-refractivity contribution in [3.63, 3.8) is 0 Å². The number of benzene rings is 1. The van der Waals surface area contributed by atoms with E-state index in [0.717, 1.165) is 11.1 Å². The Bertz CT molecular complexity index is 1040. The van der Waals surface area contributed by atoms with Crippen molar-refractivity contribution in [2.45, 2.75) is 91.5 Å². The number of aryl methyl sites for hydroxylation is 2. The molecular weight excluding hydrogens is 492 g/mol. The van der Waals surface area contributed by atoms with E-state index in [1.165, 1.54) is 12.0 Å². The molecule has 0 bridgehead atoms. The van der Waals surface area contributed by atoms with E-state index in [1.54, 1.807) is 47.6 Å². The number of carbonyl (C=O) groups is 5. The standard InChI is InChI=1S/C27H42N4O7/c1-16-10-11-17(2)18(14-16)22(23(34)29-15-21(33)37-9)31(26(3,4)5)24(35)19(12-13-20(28)32)30-25(36)38-27(6,7)8/h10-11,14,19,22H,12-13,15H2,1-9H3,(H2,28,32)(H,29,34)(H,30,36). The maximum atomic E-state index is 14.1. The summed E-state index contributed by atoms with van der Waals surface area (Å²) in [6.07, 6.45) is -1.15. The summed E-state index contributed by atoms with van der Waals surface area (Å²) in [6.45, 7) is 13.5. The molecule has 2 atom stereocenters. The minimum Gasteiger partial charge on any atom is -0.468 e. The van der Waals surface area contributed by atoms with Gasteiger partial charge in [0.1, 0.15) is 24.2 Å². The largest absolute Gasteiger partial charge is 0.468 e. The van der Waals surface area contributed by atoms with Gasteiger partial charge in [0.15, 0.2) is 0 Å². The number of esters is 1. The normalized spacial score (nSPS) is 13.1. The molecule has 0 aliphatic rings. The van der Waals surface area contributed by atoms with Crippen LogP contribution in [0.3, 0.4) is 0 Å². The number of carbonyl (C=O) groups excluding carboxylic acids is 5. The van der Waals surface area contributed by atoms with Crippen molar-refractivity contribution in [1.29, 1.82) is 0 Å². The molecule has 0 aliphatic carbocycles. The molecule has 1 rings (SSSR count). The van der Waals surface area contributed by atoms with E-state index in [-0.39, 0.29) is 12.8 Å². The van der Waals surface area contributed by atoms with E-state index in [2.05, 4.69) is 15.4 Å². The lowest BCUT2D eigenvalue weighted by Gasteiger charge is -2.43. The Hall–Kier alpha value is -3.63. The fraction of sp³-hybridized carbons (Fsp3) is 0.593. The van der Waals surface area contributed by atoms with Crippen LogP contribution in [0.15, 0.2) is 18.2 Å². The molecule has 38 heavy (non-hydrogen) atoms. The van der Waals surface area contributed by atoms with E-state index >= 15 is 0 Å². The van der Waals surface area contributed by atoms with Crippen molar-refractivity contribution in [3.05, 3.63) is 34.9 Å². The van der Waals surface area contributed by atoms with Gasteiger partial charge in [-0.05, 0) is 72.9 Å². The van der Waals surface area contributed by atoms with E-state index in [9.17, 15) is 24.0 Å². The first-order chi connectivity index (χ1) is 17.4. The highest BCUT2D eigenvalue weighted by molar-refractivity contribution is 5.94. The number of alkyl carbamates (subject to hydrolysis) is 1. The monoisotopic (exact) mass is 534 g/mol. The number of amides is 4. The second kappa shape index (κ2) is 13.3. The highest BCUT2D eigenvalue weighted by Crippen LogP contribution is 2.32. The van der Waals surface area contributed by atoms with Crippen LogP contribution >= 0.6 is 0 Å². The Kier molecular flexibility index (Phi) is 11.3. The van der Waals surface area contributed by atoms with Gasteiger partial charge in [-0.15, -0.1) is 0 Å². The van der Waals surface area contributed by atoms with Gasteiger partial charge in [-0.1, -0.05) is 23.8 Å². The number of ether oxygens (including phenoxy) is 2. The highest BCUT2D eigenvalue weighted by atomic mass is 16.6. The van der Waals surface area contributed by atoms with Gasteiger partial charge in [-0.25, -0.2) is 4.79 Å². The SMILES string of the molecule is COC(=O)CNC(=O)C(c1cc(C)ccc1C)N(C(=O)C(CCC(N)=O)NC(=O)OC(C)(C)C)C(C)(C)C. The summed E-state index contributed by atoms with van der Waals surface area (Å²) in [5, 5.41) is 5.10. The van der Waals surface area contributed by atoms with Crippen molar-refractivity contribution in [3.8, 4) is 0 Å². The van der Waals surface area contributed by atoms with Crippen LogP contribution in [0.2, 0.25) is 0 Å². The number of methoxy groups -OCH3 is 1. The predicted molar refractivity (Wildman–Crippen MR) is 142 cm³/mol. The Balaban J connectivity index is 3.65. The van der Waals surface area contributed by atoms with Crippen LogP contribution in [-0.2, 0) is 28.7 Å². The molecule has 0 spiro atoms. The number of hydrogen-bond donors (Lipinski definition) is 3. The van der Waals surface area contributed by atoms with Gasteiger partial charge in [0.2, 0.25) is 17.7 Å². The number of nitrogens with two attached hydrogens (primary N) is 1. The summed E-state index contributed by atoms with van der Waals surface area (Å²) >= 11 is 0. The third-order valence-corrected chi connectivity index (χ3v) is 5.50. The van der Waals surface area contributed by atoms with Crippen LogP contribution in [0, 0.1) is 13.8 Å². The van der Waals surface area contributed by atoms with Crippen molar-refractivity contribution < 1.29 is 33.4 Å². The summed E-state index contributed by atoms with van der Waals surface area (Å²) in [5.74, 6) is -2.54. The average molecular weight is 535 g/mol. The number of nitrogens with one attached hydrogen (secondary N) is 2. The van der Waals surface area contributed by atoms with Crippen LogP contribution in [0.5, 0.6) is 0 Å². The lowest BCUT2D eigenvalue weighted by Crippen LogP contribution is -2.59. The van der Waals surface area contributed by atoms with Crippen LogP contribution in [0.1, 0.15) is 77.1 Å². The summed E-state index contributed by atoms with van der Waals surface area (Å²) in [4.78, 5) is 65.1. The minimum absolute atomic E-state index is 0.108. The Morgan fingerprint density at radius 3 is 2.13 bits per heavy atom. The zero-order valence-corrected chi connectivity index (χ0v) is 23.9. The van der Waals surface area contributed by atoms with Crippen molar-refractivity contribution in [1.82, 2.24) is 15.5 Å². The summed E-state index contributed by atoms with van der Waals surface area (Å²) < 4.78 is 9.97. The minimum atomic E-state index is -1.22. The van der Waals surface area contributed by atoms with Gasteiger partial charge < -0.3 is 30.7 Å². The first-order valence-electron chi connectivity index (χ1n) is 12.4. The van der Waals surface area contributed by atoms with E-state index < -0.39 is 59.6 Å². The molecule has 0 fully saturated rings. The zero-order chi connectivity index (χ0) is 29.4. The Labute approximate surface area is 224 Å². The predicted octanol–water partition coefficient (Wildman–Crippen LogP) is 2.42. The molecule has 2 unspecified atom stereocenters. The maximum Gasteiger partial charge on any atom is 0.408 e. The van der Waals surface area contributed by atoms with E-state index in [1.807, 2.05) is 26.0 Å². The fourth-order valence-electron chi connectivity index (χ4n) is 3.79. The van der Waals surface area contributed by atoms with E-state index in [4.69, 9.17) is 10.5 Å². The highest BCUT2D eigenvalue weighted by Gasteiger charge is 2.42. The zero-order valence-electron chi connectivity index (χ0n) is 23.9. The van der Waals surface area contributed by atoms with Gasteiger partial charge in [-0.3, -0.25) is 19.2 Å². The Morgan fingerprint density at radius 2 is 1.63 bits per heavy atom. The van der Waals surface area contributed by atoms with E-state index in [0.29, 0.717) is 5.56 Å². The molecule has 0 aliphatic heterocycles. The lowest BCUT2D eigenvalue weighted by atomic mass is 9.91. The molecule has 212 valence electrons.